The largest absolute Gasteiger partial charge is 0.280 e. The number of hydrogen-bond acceptors (Lipinski definition) is 1. The zero-order valence-electron chi connectivity index (χ0n) is 12.8. The van der Waals surface area contributed by atoms with E-state index in [2.05, 4.69) is 13.8 Å². The van der Waals surface area contributed by atoms with E-state index in [0.29, 0.717) is 0 Å². The van der Waals surface area contributed by atoms with Crippen LogP contribution in [0.1, 0.15) is 90.9 Å². The molecule has 110 valence electrons. The summed E-state index contributed by atoms with van der Waals surface area (Å²) in [6.07, 6.45) is 16.4. The number of hydrogen-bond donors (Lipinski definition) is 1. The third kappa shape index (κ3) is 14.2. The molecule has 0 saturated carbocycles. The van der Waals surface area contributed by atoms with Crippen LogP contribution in [0.25, 0.3) is 0 Å². The summed E-state index contributed by atoms with van der Waals surface area (Å²) >= 11 is 0. The summed E-state index contributed by atoms with van der Waals surface area (Å²) in [5.74, 6) is 2.34. The molecule has 0 aliphatic heterocycles. The molecule has 0 saturated heterocycles. The lowest BCUT2D eigenvalue weighted by atomic mass is 10.1. The van der Waals surface area contributed by atoms with Gasteiger partial charge >= 0.3 is 0 Å². The molecule has 1 N–H and O–H groups in total. The maximum absolute atomic E-state index is 8.03. The van der Waals surface area contributed by atoms with Crippen LogP contribution in [0.5, 0.6) is 0 Å². The van der Waals surface area contributed by atoms with E-state index in [9.17, 15) is 0 Å². The van der Waals surface area contributed by atoms with Crippen LogP contribution >= 0.6 is 0 Å². The fourth-order valence-corrected chi connectivity index (χ4v) is 3.52. The normalized spacial score (nSPS) is 11.3. The Labute approximate surface area is 118 Å². The van der Waals surface area contributed by atoms with Gasteiger partial charge in [-0.05, 0) is 12.8 Å². The first-order valence-electron chi connectivity index (χ1n) is 8.20. The Morgan fingerprint density at radius 2 is 0.889 bits per heavy atom. The molecule has 0 unspecified atom stereocenters. The van der Waals surface area contributed by atoms with Gasteiger partial charge in [0.05, 0.1) is 0 Å². The van der Waals surface area contributed by atoms with Crippen molar-refractivity contribution < 1.29 is 0 Å². The Kier molecular flexibility index (Phi) is 15.3. The van der Waals surface area contributed by atoms with Gasteiger partial charge in [0.1, 0.15) is 0 Å². The van der Waals surface area contributed by atoms with Crippen LogP contribution in [0.2, 0.25) is 0 Å². The van der Waals surface area contributed by atoms with Gasteiger partial charge in [-0.2, -0.15) is 0 Å². The van der Waals surface area contributed by atoms with Gasteiger partial charge in [0, 0.05) is 11.5 Å². The maximum atomic E-state index is 8.03. The fourth-order valence-electron chi connectivity index (χ4n) is 2.22. The molecule has 0 aliphatic rings. The number of nitrogens with one attached hydrogen (secondary N) is 1. The highest BCUT2D eigenvalue weighted by Gasteiger charge is 1.97. The van der Waals surface area contributed by atoms with Crippen molar-refractivity contribution in [2.75, 3.05) is 11.5 Å². The second-order valence-corrected chi connectivity index (χ2v) is 7.24. The van der Waals surface area contributed by atoms with Gasteiger partial charge in [-0.1, -0.05) is 78.1 Å². The molecule has 0 aromatic rings. The quantitative estimate of drug-likeness (QED) is 0.370. The number of unbranched alkanes of at least 4 members (excludes halogenated alkanes) is 10. The van der Waals surface area contributed by atoms with Crippen molar-refractivity contribution in [1.29, 1.82) is 4.78 Å². The van der Waals surface area contributed by atoms with E-state index < -0.39 is 0 Å². The lowest BCUT2D eigenvalue weighted by Gasteiger charge is -2.05. The maximum Gasteiger partial charge on any atom is 0.00385 e. The Morgan fingerprint density at radius 3 is 1.28 bits per heavy atom. The molecule has 0 spiro atoms. The molecule has 0 aliphatic carbocycles. The summed E-state index contributed by atoms with van der Waals surface area (Å²) in [6.45, 7) is 4.53. The van der Waals surface area contributed by atoms with Gasteiger partial charge < -0.3 is 0 Å². The van der Waals surface area contributed by atoms with E-state index in [4.69, 9.17) is 4.78 Å². The minimum atomic E-state index is -0.0344. The van der Waals surface area contributed by atoms with Crippen LogP contribution < -0.4 is 0 Å². The SMILES string of the molecule is CCCCCCCCS(=N)CCCCCCCC. The average molecular weight is 274 g/mol. The first-order chi connectivity index (χ1) is 8.81. The van der Waals surface area contributed by atoms with E-state index >= 15 is 0 Å². The van der Waals surface area contributed by atoms with E-state index in [-0.39, 0.29) is 10.7 Å². The van der Waals surface area contributed by atoms with Crippen LogP contribution in [0.4, 0.5) is 0 Å². The molecule has 2 heteroatoms. The summed E-state index contributed by atoms with van der Waals surface area (Å²) in [5, 5.41) is 0. The zero-order chi connectivity index (χ0) is 13.5. The van der Waals surface area contributed by atoms with Crippen molar-refractivity contribution in [2.24, 2.45) is 0 Å². The Morgan fingerprint density at radius 1 is 0.556 bits per heavy atom. The van der Waals surface area contributed by atoms with Crippen LogP contribution in [0.15, 0.2) is 0 Å². The van der Waals surface area contributed by atoms with Crippen LogP contribution in [-0.2, 0) is 10.7 Å². The van der Waals surface area contributed by atoms with E-state index in [0.717, 1.165) is 0 Å². The predicted octanol–water partition coefficient (Wildman–Crippen LogP) is 6.09. The molecule has 0 atom stereocenters. The summed E-state index contributed by atoms with van der Waals surface area (Å²) < 4.78 is 8.03. The molecule has 18 heavy (non-hydrogen) atoms. The third-order valence-corrected chi connectivity index (χ3v) is 5.05. The van der Waals surface area contributed by atoms with Crippen molar-refractivity contribution >= 4 is 10.7 Å². The molecule has 0 heterocycles. The van der Waals surface area contributed by atoms with Crippen LogP contribution in [0.3, 0.4) is 0 Å². The molecule has 0 fully saturated rings. The Bertz CT molecular complexity index is 162. The molecule has 0 amide bonds. The molecule has 0 aromatic heterocycles. The lowest BCUT2D eigenvalue weighted by Crippen LogP contribution is -2.01. The standard InChI is InChI=1S/C16H35NS/c1-3-5-7-9-11-13-15-18(17)16-14-12-10-8-6-4-2/h17H,3-16H2,1-2H3. The van der Waals surface area contributed by atoms with Gasteiger partial charge in [-0.3, -0.25) is 4.78 Å². The lowest BCUT2D eigenvalue weighted by molar-refractivity contribution is 0.623. The van der Waals surface area contributed by atoms with E-state index in [1.54, 1.807) is 0 Å². The molecule has 0 rings (SSSR count). The summed E-state index contributed by atoms with van der Waals surface area (Å²) in [6, 6.07) is 0. The average Bonchev–Trinajstić information content (AvgIpc) is 2.38. The Balaban J connectivity index is 3.12. The monoisotopic (exact) mass is 273 g/mol. The van der Waals surface area contributed by atoms with Crippen molar-refractivity contribution in [3.63, 3.8) is 0 Å². The second kappa shape index (κ2) is 15.2. The minimum Gasteiger partial charge on any atom is -0.280 e. The summed E-state index contributed by atoms with van der Waals surface area (Å²) in [4.78, 5) is 0. The fraction of sp³-hybridized carbons (Fsp3) is 1.00. The smallest absolute Gasteiger partial charge is 0.00385 e. The highest BCUT2D eigenvalue weighted by atomic mass is 32.2. The molecule has 0 aromatic carbocycles. The van der Waals surface area contributed by atoms with Gasteiger partial charge in [0.15, 0.2) is 0 Å². The van der Waals surface area contributed by atoms with Crippen LogP contribution in [0, 0.1) is 4.78 Å². The van der Waals surface area contributed by atoms with E-state index in [1.165, 1.54) is 88.6 Å². The van der Waals surface area contributed by atoms with Crippen molar-refractivity contribution in [3.05, 3.63) is 0 Å². The molecular weight excluding hydrogens is 238 g/mol. The van der Waals surface area contributed by atoms with Crippen LogP contribution in [-0.4, -0.2) is 11.5 Å². The highest BCUT2D eigenvalue weighted by Crippen LogP contribution is 2.08. The van der Waals surface area contributed by atoms with Gasteiger partial charge in [-0.25, -0.2) is 0 Å². The molecule has 0 radical (unpaired) electrons. The van der Waals surface area contributed by atoms with Gasteiger partial charge in [-0.15, -0.1) is 10.7 Å². The van der Waals surface area contributed by atoms with Crippen molar-refractivity contribution in [2.45, 2.75) is 90.9 Å². The minimum absolute atomic E-state index is 0.0344. The summed E-state index contributed by atoms with van der Waals surface area (Å²) in [7, 11) is -0.0344. The highest BCUT2D eigenvalue weighted by molar-refractivity contribution is 7.85. The number of rotatable bonds is 14. The first kappa shape index (κ1) is 18.1. The Hall–Kier alpha value is 0.150. The molecular formula is C16H35NS. The van der Waals surface area contributed by atoms with E-state index in [1.807, 2.05) is 0 Å². The van der Waals surface area contributed by atoms with Gasteiger partial charge in [0.2, 0.25) is 0 Å². The van der Waals surface area contributed by atoms with Gasteiger partial charge in [0.25, 0.3) is 0 Å². The first-order valence-corrected chi connectivity index (χ1v) is 9.76. The summed E-state index contributed by atoms with van der Waals surface area (Å²) in [5.41, 5.74) is 0. The second-order valence-electron chi connectivity index (χ2n) is 5.44. The molecule has 1 nitrogen and oxygen atoms in total. The topological polar surface area (TPSA) is 23.9 Å². The third-order valence-electron chi connectivity index (χ3n) is 3.49. The molecule has 0 bridgehead atoms. The van der Waals surface area contributed by atoms with Crippen molar-refractivity contribution in [1.82, 2.24) is 0 Å². The zero-order valence-corrected chi connectivity index (χ0v) is 13.6. The predicted molar refractivity (Wildman–Crippen MR) is 86.6 cm³/mol. The van der Waals surface area contributed by atoms with Crippen molar-refractivity contribution in [3.8, 4) is 0 Å².